The maximum atomic E-state index is 13.2. The van der Waals surface area contributed by atoms with Crippen molar-refractivity contribution >= 4 is 6.09 Å². The summed E-state index contributed by atoms with van der Waals surface area (Å²) in [6.45, 7) is 1.98. The SMILES string of the molecule is NC1CNCC(OC(=O)N2C=CC(Oc3ccc(OCc4cccc(F)c4)cc3)=CC2)C1. The molecule has 1 fully saturated rings. The van der Waals surface area contributed by atoms with Crippen molar-refractivity contribution in [1.29, 1.82) is 0 Å². The van der Waals surface area contributed by atoms with Crippen LogP contribution in [0.4, 0.5) is 9.18 Å². The Bertz CT molecular complexity index is 993. The number of nitrogens with two attached hydrogens (primary N) is 1. The molecule has 2 unspecified atom stereocenters. The summed E-state index contributed by atoms with van der Waals surface area (Å²) in [4.78, 5) is 13.8. The smallest absolute Gasteiger partial charge is 0.414 e. The number of benzene rings is 2. The van der Waals surface area contributed by atoms with Crippen molar-refractivity contribution in [1.82, 2.24) is 10.2 Å². The Morgan fingerprint density at radius 3 is 2.69 bits per heavy atom. The minimum Gasteiger partial charge on any atom is -0.489 e. The van der Waals surface area contributed by atoms with Gasteiger partial charge in [0.15, 0.2) is 0 Å². The van der Waals surface area contributed by atoms with E-state index in [0.717, 1.165) is 12.1 Å². The van der Waals surface area contributed by atoms with Crippen LogP contribution in [0, 0.1) is 5.82 Å². The van der Waals surface area contributed by atoms with Crippen molar-refractivity contribution in [3.8, 4) is 11.5 Å². The lowest BCUT2D eigenvalue weighted by atomic mass is 10.1. The molecule has 8 heteroatoms. The third-order valence-corrected chi connectivity index (χ3v) is 5.11. The molecule has 2 aromatic rings. The molecule has 0 radical (unpaired) electrons. The van der Waals surface area contributed by atoms with E-state index >= 15 is 0 Å². The molecular weight excluding hydrogens is 413 g/mol. The Morgan fingerprint density at radius 2 is 1.97 bits per heavy atom. The third kappa shape index (κ3) is 6.09. The number of ether oxygens (including phenoxy) is 3. The molecule has 7 nitrogen and oxygen atoms in total. The number of allylic oxidation sites excluding steroid dienone is 1. The second kappa shape index (κ2) is 10.3. The van der Waals surface area contributed by atoms with Crippen LogP contribution >= 0.6 is 0 Å². The first-order chi connectivity index (χ1) is 15.5. The summed E-state index contributed by atoms with van der Waals surface area (Å²) >= 11 is 0. The summed E-state index contributed by atoms with van der Waals surface area (Å²) in [6, 6.07) is 13.4. The van der Waals surface area contributed by atoms with Gasteiger partial charge in [-0.05, 0) is 54.1 Å². The van der Waals surface area contributed by atoms with Gasteiger partial charge in [-0.15, -0.1) is 0 Å². The number of nitrogens with zero attached hydrogens (tertiary/aromatic N) is 1. The van der Waals surface area contributed by atoms with E-state index in [4.69, 9.17) is 19.9 Å². The number of rotatable bonds is 6. The lowest BCUT2D eigenvalue weighted by Crippen LogP contribution is -2.49. The Hall–Kier alpha value is -3.36. The summed E-state index contributed by atoms with van der Waals surface area (Å²) in [5.74, 6) is 1.63. The molecule has 4 rings (SSSR count). The van der Waals surface area contributed by atoms with E-state index in [1.165, 1.54) is 17.0 Å². The van der Waals surface area contributed by atoms with Crippen molar-refractivity contribution in [3.63, 3.8) is 0 Å². The van der Waals surface area contributed by atoms with Crippen molar-refractivity contribution in [3.05, 3.63) is 84.0 Å². The molecule has 0 saturated carbocycles. The number of hydrogen-bond donors (Lipinski definition) is 2. The predicted molar refractivity (Wildman–Crippen MR) is 117 cm³/mol. The highest BCUT2D eigenvalue weighted by Crippen LogP contribution is 2.22. The molecule has 0 aromatic heterocycles. The van der Waals surface area contributed by atoms with Crippen LogP contribution < -0.4 is 20.5 Å². The minimum absolute atomic E-state index is 0.00327. The quantitative estimate of drug-likeness (QED) is 0.718. The zero-order valence-corrected chi connectivity index (χ0v) is 17.6. The van der Waals surface area contributed by atoms with Crippen molar-refractivity contribution in [2.24, 2.45) is 5.73 Å². The number of carbonyl (C=O) groups is 1. The van der Waals surface area contributed by atoms with Gasteiger partial charge in [-0.25, -0.2) is 9.18 Å². The average Bonchev–Trinajstić information content (AvgIpc) is 2.79. The van der Waals surface area contributed by atoms with Crippen LogP contribution in [0.1, 0.15) is 12.0 Å². The predicted octanol–water partition coefficient (Wildman–Crippen LogP) is 3.32. The molecule has 2 aromatic carbocycles. The number of nitrogens with one attached hydrogen (secondary N) is 1. The van der Waals surface area contributed by atoms with Gasteiger partial charge < -0.3 is 25.3 Å². The number of hydrogen-bond acceptors (Lipinski definition) is 6. The van der Waals surface area contributed by atoms with Crippen LogP contribution in [0.15, 0.2) is 72.6 Å². The molecule has 2 heterocycles. The van der Waals surface area contributed by atoms with E-state index in [1.54, 1.807) is 48.7 Å². The molecular formula is C24H26FN3O4. The lowest BCUT2D eigenvalue weighted by molar-refractivity contribution is 0.0592. The average molecular weight is 439 g/mol. The van der Waals surface area contributed by atoms with Gasteiger partial charge in [0.2, 0.25) is 0 Å². The third-order valence-electron chi connectivity index (χ3n) is 5.11. The van der Waals surface area contributed by atoms with E-state index in [-0.39, 0.29) is 24.6 Å². The van der Waals surface area contributed by atoms with Gasteiger partial charge >= 0.3 is 6.09 Å². The molecule has 2 aliphatic heterocycles. The highest BCUT2D eigenvalue weighted by Gasteiger charge is 2.24. The summed E-state index contributed by atoms with van der Waals surface area (Å²) < 4.78 is 30.3. The number of piperidine rings is 1. The van der Waals surface area contributed by atoms with Gasteiger partial charge in [0, 0.05) is 31.8 Å². The monoisotopic (exact) mass is 439 g/mol. The van der Waals surface area contributed by atoms with Crippen LogP contribution in [-0.4, -0.2) is 42.8 Å². The van der Waals surface area contributed by atoms with E-state index < -0.39 is 6.09 Å². The van der Waals surface area contributed by atoms with Crippen LogP contribution in [0.25, 0.3) is 0 Å². The Morgan fingerprint density at radius 1 is 1.16 bits per heavy atom. The van der Waals surface area contributed by atoms with Crippen molar-refractivity contribution in [2.75, 3.05) is 19.6 Å². The zero-order valence-electron chi connectivity index (χ0n) is 17.6. The number of carbonyl (C=O) groups excluding carboxylic acids is 1. The summed E-state index contributed by atoms with van der Waals surface area (Å²) in [5, 5.41) is 3.15. The maximum Gasteiger partial charge on any atom is 0.414 e. The van der Waals surface area contributed by atoms with Crippen LogP contribution in [-0.2, 0) is 11.3 Å². The second-order valence-corrected chi connectivity index (χ2v) is 7.73. The molecule has 2 atom stereocenters. The van der Waals surface area contributed by atoms with Gasteiger partial charge in [-0.3, -0.25) is 4.90 Å². The molecule has 32 heavy (non-hydrogen) atoms. The fourth-order valence-electron chi connectivity index (χ4n) is 3.46. The molecule has 0 spiro atoms. The normalized spacial score (nSPS) is 20.4. The Kier molecular flexibility index (Phi) is 7.03. The zero-order chi connectivity index (χ0) is 22.3. The first-order valence-electron chi connectivity index (χ1n) is 10.5. The van der Waals surface area contributed by atoms with Crippen LogP contribution in [0.3, 0.4) is 0 Å². The first kappa shape index (κ1) is 21.9. The van der Waals surface area contributed by atoms with Gasteiger partial charge in [-0.1, -0.05) is 12.1 Å². The fraction of sp³-hybridized carbons (Fsp3) is 0.292. The maximum absolute atomic E-state index is 13.2. The van der Waals surface area contributed by atoms with Gasteiger partial charge in [0.25, 0.3) is 0 Å². The van der Waals surface area contributed by atoms with Crippen molar-refractivity contribution < 1.29 is 23.4 Å². The molecule has 1 amide bonds. The fourth-order valence-corrected chi connectivity index (χ4v) is 3.46. The largest absolute Gasteiger partial charge is 0.489 e. The summed E-state index contributed by atoms with van der Waals surface area (Å²) in [5.41, 5.74) is 6.66. The van der Waals surface area contributed by atoms with Crippen molar-refractivity contribution in [2.45, 2.75) is 25.2 Å². The van der Waals surface area contributed by atoms with E-state index in [0.29, 0.717) is 36.8 Å². The minimum atomic E-state index is -0.405. The Balaban J connectivity index is 1.24. The highest BCUT2D eigenvalue weighted by molar-refractivity contribution is 5.70. The Labute approximate surface area is 186 Å². The summed E-state index contributed by atoms with van der Waals surface area (Å²) in [7, 11) is 0. The first-order valence-corrected chi connectivity index (χ1v) is 10.5. The highest BCUT2D eigenvalue weighted by atomic mass is 19.1. The van der Waals surface area contributed by atoms with Gasteiger partial charge in [0.1, 0.15) is 35.8 Å². The number of halogens is 1. The lowest BCUT2D eigenvalue weighted by Gasteiger charge is -2.29. The van der Waals surface area contributed by atoms with E-state index in [9.17, 15) is 9.18 Å². The molecule has 3 N–H and O–H groups in total. The van der Waals surface area contributed by atoms with Gasteiger partial charge in [-0.2, -0.15) is 0 Å². The molecule has 1 saturated heterocycles. The van der Waals surface area contributed by atoms with Crippen LogP contribution in [0.5, 0.6) is 11.5 Å². The molecule has 0 aliphatic carbocycles. The second-order valence-electron chi connectivity index (χ2n) is 7.73. The molecule has 0 bridgehead atoms. The van der Waals surface area contributed by atoms with E-state index in [2.05, 4.69) is 5.32 Å². The standard InChI is InChI=1S/C24H26FN3O4/c25-18-3-1-2-17(12-18)16-30-20-4-6-21(7-5-20)31-22-8-10-28(11-9-22)24(29)32-23-13-19(26)14-27-15-23/h1-10,12,19,23,27H,11,13-16,26H2. The van der Waals surface area contributed by atoms with E-state index in [1.807, 2.05) is 6.07 Å². The van der Waals surface area contributed by atoms with Gasteiger partial charge in [0.05, 0.1) is 6.54 Å². The van der Waals surface area contributed by atoms with Crippen LogP contribution in [0.2, 0.25) is 0 Å². The molecule has 2 aliphatic rings. The topological polar surface area (TPSA) is 86.0 Å². The summed E-state index contributed by atoms with van der Waals surface area (Å²) in [6.07, 6.45) is 5.19. The molecule has 168 valence electrons. The number of amides is 1.